The van der Waals surface area contributed by atoms with Crippen molar-refractivity contribution in [2.75, 3.05) is 32.7 Å². The Morgan fingerprint density at radius 1 is 1.19 bits per heavy atom. The number of allylic oxidation sites excluding steroid dienone is 1. The molecule has 0 radical (unpaired) electrons. The molecule has 3 heterocycles. The summed E-state index contributed by atoms with van der Waals surface area (Å²) < 4.78 is 17.8. The van der Waals surface area contributed by atoms with Crippen molar-refractivity contribution in [1.82, 2.24) is 9.55 Å². The predicted octanol–water partition coefficient (Wildman–Crippen LogP) is 3.31. The Bertz CT molecular complexity index is 1890. The number of hydrogen-bond acceptors (Lipinski definition) is 9. The first-order chi connectivity index (χ1) is 20.1. The number of imidazole rings is 1. The van der Waals surface area contributed by atoms with Gasteiger partial charge in [-0.05, 0) is 55.8 Å². The summed E-state index contributed by atoms with van der Waals surface area (Å²) in [5.41, 5.74) is 2.27. The lowest BCUT2D eigenvalue weighted by atomic mass is 9.95. The van der Waals surface area contributed by atoms with Crippen LogP contribution >= 0.6 is 0 Å². The first kappa shape index (κ1) is 28.1. The van der Waals surface area contributed by atoms with Crippen molar-refractivity contribution >= 4 is 23.4 Å². The summed E-state index contributed by atoms with van der Waals surface area (Å²) in [7, 11) is 5.27. The van der Waals surface area contributed by atoms with Crippen LogP contribution in [-0.4, -0.2) is 48.3 Å². The van der Waals surface area contributed by atoms with E-state index in [4.69, 9.17) is 13.9 Å². The van der Waals surface area contributed by atoms with Gasteiger partial charge in [0, 0.05) is 25.9 Å². The van der Waals surface area contributed by atoms with Gasteiger partial charge in [-0.3, -0.25) is 19.5 Å². The summed E-state index contributed by atoms with van der Waals surface area (Å²) in [5.74, 6) is 0.322. The van der Waals surface area contributed by atoms with E-state index in [1.165, 1.54) is 29.9 Å². The third kappa shape index (κ3) is 5.09. The van der Waals surface area contributed by atoms with Crippen molar-refractivity contribution in [3.8, 4) is 17.1 Å². The van der Waals surface area contributed by atoms with E-state index < -0.39 is 22.5 Å². The first-order valence-corrected chi connectivity index (χ1v) is 13.1. The number of hydrogen-bond donors (Lipinski definition) is 1. The van der Waals surface area contributed by atoms with Crippen molar-refractivity contribution in [3.05, 3.63) is 109 Å². The number of carbonyl (C=O) groups is 1. The third-order valence-corrected chi connectivity index (χ3v) is 6.92. The molecule has 12 nitrogen and oxygen atoms in total. The van der Waals surface area contributed by atoms with Crippen LogP contribution in [0.1, 0.15) is 31.2 Å². The molecule has 0 amide bonds. The monoisotopic (exact) mass is 571 g/mol. The Morgan fingerprint density at radius 3 is 2.57 bits per heavy atom. The molecule has 1 N–H and O–H groups in total. The van der Waals surface area contributed by atoms with Crippen molar-refractivity contribution < 1.29 is 23.6 Å². The van der Waals surface area contributed by atoms with E-state index in [1.54, 1.807) is 32.0 Å². The fraction of sp³-hybridized carbons (Fsp3) is 0.233. The van der Waals surface area contributed by atoms with Crippen molar-refractivity contribution in [2.24, 2.45) is 4.99 Å². The molecule has 0 fully saturated rings. The number of anilines is 1. The van der Waals surface area contributed by atoms with E-state index in [2.05, 4.69) is 9.98 Å². The molecule has 12 heteroatoms. The van der Waals surface area contributed by atoms with Crippen LogP contribution in [0.15, 0.2) is 80.1 Å². The first-order valence-electron chi connectivity index (χ1n) is 13.1. The fourth-order valence-corrected chi connectivity index (χ4v) is 4.88. The van der Waals surface area contributed by atoms with Gasteiger partial charge in [0.25, 0.3) is 11.2 Å². The van der Waals surface area contributed by atoms with E-state index in [9.17, 15) is 19.7 Å². The highest BCUT2D eigenvalue weighted by Gasteiger charge is 2.33. The van der Waals surface area contributed by atoms with Crippen molar-refractivity contribution in [2.45, 2.75) is 19.9 Å². The van der Waals surface area contributed by atoms with Crippen LogP contribution in [0.2, 0.25) is 0 Å². The zero-order chi connectivity index (χ0) is 30.1. The molecule has 0 aliphatic carbocycles. The number of aromatic nitrogens is 2. The maximum atomic E-state index is 13.8. The smallest absolute Gasteiger partial charge is 0.338 e. The van der Waals surface area contributed by atoms with Gasteiger partial charge in [0.2, 0.25) is 5.62 Å². The molecule has 216 valence electrons. The third-order valence-electron chi connectivity index (χ3n) is 6.92. The van der Waals surface area contributed by atoms with Gasteiger partial charge in [-0.15, -0.1) is 0 Å². The molecule has 5 rings (SSSR count). The van der Waals surface area contributed by atoms with Crippen LogP contribution in [0.4, 0.5) is 11.4 Å². The highest BCUT2D eigenvalue weighted by Crippen LogP contribution is 2.34. The topological polar surface area (TPSA) is 145 Å². The summed E-state index contributed by atoms with van der Waals surface area (Å²) in [6, 6.07) is 14.4. The average Bonchev–Trinajstić information content (AvgIpc) is 3.56. The Hall–Kier alpha value is -5.39. The van der Waals surface area contributed by atoms with Crippen LogP contribution in [-0.2, 0) is 9.53 Å². The number of aromatic amines is 1. The fourth-order valence-electron chi connectivity index (χ4n) is 4.88. The minimum Gasteiger partial charge on any atom is -0.497 e. The number of carbonyl (C=O) groups excluding carboxylic acids is 1. The Morgan fingerprint density at radius 2 is 1.93 bits per heavy atom. The van der Waals surface area contributed by atoms with Gasteiger partial charge in [0.15, 0.2) is 0 Å². The van der Waals surface area contributed by atoms with Crippen LogP contribution in [0.5, 0.6) is 5.75 Å². The van der Waals surface area contributed by atoms with E-state index in [0.29, 0.717) is 17.0 Å². The molecule has 1 aliphatic heterocycles. The summed E-state index contributed by atoms with van der Waals surface area (Å²) in [4.78, 5) is 47.6. The molecule has 0 saturated carbocycles. The molecule has 0 spiro atoms. The predicted molar refractivity (Wildman–Crippen MR) is 155 cm³/mol. The molecule has 0 bridgehead atoms. The number of methoxy groups -OCH3 is 1. The quantitative estimate of drug-likeness (QED) is 0.193. The lowest BCUT2D eigenvalue weighted by molar-refractivity contribution is -0.384. The molecule has 1 aliphatic rings. The van der Waals surface area contributed by atoms with E-state index in [0.717, 1.165) is 5.69 Å². The van der Waals surface area contributed by atoms with E-state index >= 15 is 0 Å². The molecule has 2 aromatic heterocycles. The van der Waals surface area contributed by atoms with Crippen LogP contribution < -0.4 is 26.2 Å². The van der Waals surface area contributed by atoms with Gasteiger partial charge in [0.1, 0.15) is 22.6 Å². The van der Waals surface area contributed by atoms with Crippen molar-refractivity contribution in [1.29, 1.82) is 0 Å². The largest absolute Gasteiger partial charge is 0.497 e. The lowest BCUT2D eigenvalue weighted by Crippen LogP contribution is -2.40. The zero-order valence-corrected chi connectivity index (χ0v) is 23.7. The second kappa shape index (κ2) is 11.2. The highest BCUT2D eigenvalue weighted by atomic mass is 16.6. The Kier molecular flexibility index (Phi) is 7.53. The second-order valence-electron chi connectivity index (χ2n) is 9.74. The SMILES string of the molecule is CCOC(=O)C1=C(C)N=c2[nH]c(=Cc3ccc(-c4ccc(OC)cc4[N+](=O)[O-])o3)c(=O)n2C1c1ccc(N(C)C)cc1. The highest BCUT2D eigenvalue weighted by molar-refractivity contribution is 5.91. The van der Waals surface area contributed by atoms with E-state index in [1.807, 2.05) is 43.3 Å². The van der Waals surface area contributed by atoms with Crippen LogP contribution in [0.3, 0.4) is 0 Å². The molecule has 42 heavy (non-hydrogen) atoms. The van der Waals surface area contributed by atoms with Gasteiger partial charge in [-0.2, -0.15) is 0 Å². The number of esters is 1. The Balaban J connectivity index is 1.62. The van der Waals surface area contributed by atoms with Gasteiger partial charge in [-0.1, -0.05) is 12.1 Å². The zero-order valence-electron chi connectivity index (χ0n) is 23.7. The lowest BCUT2D eigenvalue weighted by Gasteiger charge is -2.25. The molecule has 2 aromatic carbocycles. The number of nitrogens with zero attached hydrogens (tertiary/aromatic N) is 4. The molecule has 1 atom stereocenters. The average molecular weight is 572 g/mol. The number of benzene rings is 2. The maximum absolute atomic E-state index is 13.8. The number of furan rings is 1. The number of nitrogens with one attached hydrogen (secondary N) is 1. The minimum absolute atomic E-state index is 0.159. The Labute approximate surface area is 240 Å². The number of H-pyrrole nitrogens is 1. The normalized spacial score (nSPS) is 14.8. The number of nitro benzene ring substituents is 1. The van der Waals surface area contributed by atoms with Gasteiger partial charge >= 0.3 is 5.97 Å². The summed E-state index contributed by atoms with van der Waals surface area (Å²) in [5, 5.41) is 11.8. The second-order valence-corrected chi connectivity index (χ2v) is 9.74. The standard InChI is InChI=1S/C30H29N5O7/c1-6-41-29(37)26-17(2)31-30-32-23(28(36)34(30)27(26)18-7-9-19(10-8-18)33(3)4)15-21-12-14-25(42-21)22-13-11-20(40-5)16-24(22)35(38)39/h7-16,27H,6H2,1-5H3,(H,31,32). The van der Waals surface area contributed by atoms with Crippen LogP contribution in [0.25, 0.3) is 17.4 Å². The minimum atomic E-state index is -0.784. The van der Waals surface area contributed by atoms with E-state index in [-0.39, 0.29) is 45.9 Å². The number of ether oxygens (including phenoxy) is 2. The summed E-state index contributed by atoms with van der Waals surface area (Å²) in [6.07, 6.45) is 1.49. The molecule has 0 saturated heterocycles. The molecule has 4 aromatic rings. The molecular weight excluding hydrogens is 542 g/mol. The van der Waals surface area contributed by atoms with Gasteiger partial charge in [-0.25, -0.2) is 9.79 Å². The number of rotatable bonds is 8. The van der Waals surface area contributed by atoms with Crippen LogP contribution in [0, 0.1) is 10.1 Å². The number of fused-ring (bicyclic) bond motifs is 1. The molecule has 1 unspecified atom stereocenters. The van der Waals surface area contributed by atoms with Crippen molar-refractivity contribution in [3.63, 3.8) is 0 Å². The summed E-state index contributed by atoms with van der Waals surface area (Å²) in [6.45, 7) is 3.59. The number of nitro groups is 1. The maximum Gasteiger partial charge on any atom is 0.338 e. The van der Waals surface area contributed by atoms with Gasteiger partial charge < -0.3 is 23.8 Å². The summed E-state index contributed by atoms with van der Waals surface area (Å²) >= 11 is 0. The molecular formula is C30H29N5O7. The van der Waals surface area contributed by atoms with Gasteiger partial charge in [0.05, 0.1) is 47.6 Å².